The fourth-order valence-corrected chi connectivity index (χ4v) is 1.65. The number of nitroso groups, excluding NO2 is 1. The molecular formula is C12H13N3O2. The van der Waals surface area contributed by atoms with Crippen LogP contribution in [-0.4, -0.2) is 29.5 Å². The molecule has 0 spiro atoms. The van der Waals surface area contributed by atoms with Crippen LogP contribution >= 0.6 is 0 Å². The lowest BCUT2D eigenvalue weighted by Gasteiger charge is -2.11. The zero-order valence-corrected chi connectivity index (χ0v) is 9.75. The van der Waals surface area contributed by atoms with Crippen LogP contribution in [0, 0.1) is 4.91 Å². The predicted octanol–water partition coefficient (Wildman–Crippen LogP) is 2.13. The summed E-state index contributed by atoms with van der Waals surface area (Å²) in [5.41, 5.74) is 1.21. The SMILES string of the molecule is CN(C)C(=O)Cn1ccc2ccc(N=O)cc21. The van der Waals surface area contributed by atoms with Gasteiger partial charge in [-0.25, -0.2) is 0 Å². The van der Waals surface area contributed by atoms with Gasteiger partial charge in [0.25, 0.3) is 0 Å². The first-order chi connectivity index (χ1) is 8.11. The van der Waals surface area contributed by atoms with Crippen molar-refractivity contribution in [3.8, 4) is 0 Å². The minimum absolute atomic E-state index is 0.00645. The molecule has 1 aromatic carbocycles. The number of carbonyl (C=O) groups is 1. The molecule has 2 aromatic rings. The molecule has 0 bridgehead atoms. The minimum Gasteiger partial charge on any atom is -0.347 e. The van der Waals surface area contributed by atoms with E-state index in [1.807, 2.05) is 22.9 Å². The Hall–Kier alpha value is -2.17. The highest BCUT2D eigenvalue weighted by Crippen LogP contribution is 2.22. The molecule has 1 aromatic heterocycles. The zero-order chi connectivity index (χ0) is 12.4. The maximum absolute atomic E-state index is 11.6. The number of rotatable bonds is 3. The zero-order valence-electron chi connectivity index (χ0n) is 9.75. The Morgan fingerprint density at radius 2 is 2.12 bits per heavy atom. The van der Waals surface area contributed by atoms with Gasteiger partial charge in [-0.05, 0) is 28.8 Å². The smallest absolute Gasteiger partial charge is 0.241 e. The topological polar surface area (TPSA) is 54.7 Å². The fourth-order valence-electron chi connectivity index (χ4n) is 1.65. The summed E-state index contributed by atoms with van der Waals surface area (Å²) in [7, 11) is 3.43. The molecule has 5 nitrogen and oxygen atoms in total. The number of fused-ring (bicyclic) bond motifs is 1. The number of carbonyl (C=O) groups excluding carboxylic acids is 1. The van der Waals surface area contributed by atoms with Crippen LogP contribution < -0.4 is 0 Å². The summed E-state index contributed by atoms with van der Waals surface area (Å²) in [5, 5.41) is 3.89. The lowest BCUT2D eigenvalue weighted by Crippen LogP contribution is -2.25. The highest BCUT2D eigenvalue weighted by molar-refractivity contribution is 5.85. The molecule has 17 heavy (non-hydrogen) atoms. The monoisotopic (exact) mass is 231 g/mol. The summed E-state index contributed by atoms with van der Waals surface area (Å²) in [6.45, 7) is 0.263. The van der Waals surface area contributed by atoms with Gasteiger partial charge in [-0.1, -0.05) is 6.07 Å². The molecule has 0 unspecified atom stereocenters. The first-order valence-electron chi connectivity index (χ1n) is 5.24. The quantitative estimate of drug-likeness (QED) is 0.760. The number of hydrogen-bond donors (Lipinski definition) is 0. The third kappa shape index (κ3) is 2.18. The lowest BCUT2D eigenvalue weighted by molar-refractivity contribution is -0.129. The van der Waals surface area contributed by atoms with Crippen molar-refractivity contribution in [2.24, 2.45) is 5.18 Å². The first kappa shape index (κ1) is 11.3. The van der Waals surface area contributed by atoms with Crippen LogP contribution in [0.5, 0.6) is 0 Å². The van der Waals surface area contributed by atoms with Crippen LogP contribution in [0.1, 0.15) is 0 Å². The number of likely N-dealkylation sites (N-methyl/N-ethyl adjacent to an activating group) is 1. The number of amides is 1. The molecule has 1 heterocycles. The molecule has 0 atom stereocenters. The Balaban J connectivity index is 2.40. The van der Waals surface area contributed by atoms with Crippen molar-refractivity contribution in [1.82, 2.24) is 9.47 Å². The van der Waals surface area contributed by atoms with E-state index in [-0.39, 0.29) is 12.5 Å². The number of hydrogen-bond acceptors (Lipinski definition) is 3. The molecule has 0 fully saturated rings. The highest BCUT2D eigenvalue weighted by Gasteiger charge is 2.08. The van der Waals surface area contributed by atoms with E-state index < -0.39 is 0 Å². The summed E-state index contributed by atoms with van der Waals surface area (Å²) < 4.78 is 1.81. The van der Waals surface area contributed by atoms with Crippen LogP contribution in [0.25, 0.3) is 10.9 Å². The van der Waals surface area contributed by atoms with Crippen LogP contribution in [0.15, 0.2) is 35.6 Å². The minimum atomic E-state index is 0.00645. The molecule has 0 N–H and O–H groups in total. The first-order valence-corrected chi connectivity index (χ1v) is 5.24. The molecule has 0 aliphatic rings. The van der Waals surface area contributed by atoms with Gasteiger partial charge in [-0.15, -0.1) is 4.91 Å². The number of benzene rings is 1. The second-order valence-electron chi connectivity index (χ2n) is 4.07. The van der Waals surface area contributed by atoms with E-state index in [2.05, 4.69) is 5.18 Å². The molecule has 0 radical (unpaired) electrons. The molecule has 88 valence electrons. The van der Waals surface area contributed by atoms with Gasteiger partial charge in [-0.2, -0.15) is 0 Å². The van der Waals surface area contributed by atoms with E-state index in [0.717, 1.165) is 10.9 Å². The van der Waals surface area contributed by atoms with Crippen molar-refractivity contribution < 1.29 is 4.79 Å². The summed E-state index contributed by atoms with van der Waals surface area (Å²) in [5.74, 6) is 0.00645. The fraction of sp³-hybridized carbons (Fsp3) is 0.250. The van der Waals surface area contributed by atoms with Gasteiger partial charge in [0.1, 0.15) is 12.2 Å². The number of nitrogens with zero attached hydrogens (tertiary/aromatic N) is 3. The molecule has 2 rings (SSSR count). The third-order valence-corrected chi connectivity index (χ3v) is 2.67. The van der Waals surface area contributed by atoms with Crippen molar-refractivity contribution in [2.75, 3.05) is 14.1 Å². The van der Waals surface area contributed by atoms with Gasteiger partial charge >= 0.3 is 0 Å². The van der Waals surface area contributed by atoms with Crippen molar-refractivity contribution in [1.29, 1.82) is 0 Å². The Morgan fingerprint density at radius 1 is 1.35 bits per heavy atom. The van der Waals surface area contributed by atoms with Gasteiger partial charge in [0.2, 0.25) is 5.91 Å². The van der Waals surface area contributed by atoms with Gasteiger partial charge in [0.05, 0.1) is 5.52 Å². The maximum Gasteiger partial charge on any atom is 0.241 e. The molecule has 5 heteroatoms. The predicted molar refractivity (Wildman–Crippen MR) is 66.1 cm³/mol. The molecular weight excluding hydrogens is 218 g/mol. The van der Waals surface area contributed by atoms with Gasteiger partial charge in [0.15, 0.2) is 0 Å². The molecule has 1 amide bonds. The lowest BCUT2D eigenvalue weighted by atomic mass is 10.2. The van der Waals surface area contributed by atoms with Crippen LogP contribution in [0.2, 0.25) is 0 Å². The molecule has 0 aliphatic carbocycles. The Bertz CT molecular complexity index is 572. The van der Waals surface area contributed by atoms with Gasteiger partial charge in [0, 0.05) is 20.3 Å². The maximum atomic E-state index is 11.6. The van der Waals surface area contributed by atoms with Crippen molar-refractivity contribution >= 4 is 22.5 Å². The summed E-state index contributed by atoms with van der Waals surface area (Å²) >= 11 is 0. The average molecular weight is 231 g/mol. The van der Waals surface area contributed by atoms with Crippen molar-refractivity contribution in [3.05, 3.63) is 35.4 Å². The summed E-state index contributed by atoms with van der Waals surface area (Å²) in [4.78, 5) is 23.6. The largest absolute Gasteiger partial charge is 0.347 e. The Morgan fingerprint density at radius 3 is 2.76 bits per heavy atom. The van der Waals surface area contributed by atoms with Crippen LogP contribution in [0.3, 0.4) is 0 Å². The second kappa shape index (κ2) is 4.37. The van der Waals surface area contributed by atoms with Gasteiger partial charge in [-0.3, -0.25) is 4.79 Å². The number of aromatic nitrogens is 1. The van der Waals surface area contributed by atoms with E-state index >= 15 is 0 Å². The Labute approximate surface area is 98.6 Å². The third-order valence-electron chi connectivity index (χ3n) is 2.67. The highest BCUT2D eigenvalue weighted by atomic mass is 16.3. The van der Waals surface area contributed by atoms with E-state index in [9.17, 15) is 9.70 Å². The molecule has 0 aliphatic heterocycles. The normalized spacial score (nSPS) is 10.5. The molecule has 0 saturated carbocycles. The second-order valence-corrected chi connectivity index (χ2v) is 4.07. The molecule has 0 saturated heterocycles. The summed E-state index contributed by atoms with van der Waals surface area (Å²) in [6, 6.07) is 7.08. The Kier molecular flexibility index (Phi) is 2.91. The van der Waals surface area contributed by atoms with E-state index in [4.69, 9.17) is 0 Å². The van der Waals surface area contributed by atoms with E-state index in [1.165, 1.54) is 4.90 Å². The standard InChI is InChI=1S/C12H13N3O2/c1-14(2)12(16)8-15-6-5-9-3-4-10(13-17)7-11(9)15/h3-7H,8H2,1-2H3. The van der Waals surface area contributed by atoms with E-state index in [1.54, 1.807) is 26.2 Å². The van der Waals surface area contributed by atoms with Crippen LogP contribution in [0.4, 0.5) is 5.69 Å². The summed E-state index contributed by atoms with van der Waals surface area (Å²) in [6.07, 6.45) is 1.83. The van der Waals surface area contributed by atoms with E-state index in [0.29, 0.717) is 5.69 Å². The van der Waals surface area contributed by atoms with Gasteiger partial charge < -0.3 is 9.47 Å². The van der Waals surface area contributed by atoms with Crippen molar-refractivity contribution in [2.45, 2.75) is 6.54 Å². The van der Waals surface area contributed by atoms with Crippen molar-refractivity contribution in [3.63, 3.8) is 0 Å². The average Bonchev–Trinajstić information content (AvgIpc) is 2.71. The van der Waals surface area contributed by atoms with Crippen LogP contribution in [-0.2, 0) is 11.3 Å².